The Bertz CT molecular complexity index is 676. The smallest absolute Gasteiger partial charge is 0.220 e. The quantitative estimate of drug-likeness (QED) is 0.907. The zero-order valence-corrected chi connectivity index (χ0v) is 11.8. The van der Waals surface area contributed by atoms with Gasteiger partial charge in [-0.3, -0.25) is 4.98 Å². The van der Waals surface area contributed by atoms with E-state index < -0.39 is 0 Å². The van der Waals surface area contributed by atoms with E-state index in [1.165, 1.54) is 16.8 Å². The number of pyridine rings is 1. The van der Waals surface area contributed by atoms with Crippen LogP contribution in [0.3, 0.4) is 0 Å². The fraction of sp³-hybridized carbons (Fsp3) is 0.312. The molecule has 2 aromatic rings. The molecule has 102 valence electrons. The maximum absolute atomic E-state index is 5.71. The molecule has 4 nitrogen and oxygen atoms in total. The molecule has 0 fully saturated rings. The molecule has 0 aromatic carbocycles. The van der Waals surface area contributed by atoms with Crippen molar-refractivity contribution in [3.63, 3.8) is 0 Å². The first-order valence-electron chi connectivity index (χ1n) is 6.95. The zero-order chi connectivity index (χ0) is 14.1. The number of nitrogen functional groups attached to an aromatic ring is 1. The number of allylic oxidation sites excluding steroid dienone is 1. The van der Waals surface area contributed by atoms with Crippen LogP contribution in [0.25, 0.3) is 5.57 Å². The topological polar surface area (TPSA) is 64.7 Å². The third-order valence-corrected chi connectivity index (χ3v) is 3.89. The van der Waals surface area contributed by atoms with Gasteiger partial charge in [0.15, 0.2) is 0 Å². The lowest BCUT2D eigenvalue weighted by atomic mass is 9.82. The Hall–Kier alpha value is -2.23. The summed E-state index contributed by atoms with van der Waals surface area (Å²) < 4.78 is 0. The number of aromatic nitrogens is 3. The summed E-state index contributed by atoms with van der Waals surface area (Å²) in [6.45, 7) is 4.33. The average molecular weight is 266 g/mol. The maximum Gasteiger partial charge on any atom is 0.220 e. The fourth-order valence-electron chi connectivity index (χ4n) is 2.83. The van der Waals surface area contributed by atoms with E-state index in [-0.39, 0.29) is 0 Å². The van der Waals surface area contributed by atoms with Crippen molar-refractivity contribution in [2.45, 2.75) is 32.6 Å². The summed E-state index contributed by atoms with van der Waals surface area (Å²) in [6.07, 6.45) is 7.95. The third-order valence-electron chi connectivity index (χ3n) is 3.89. The van der Waals surface area contributed by atoms with Gasteiger partial charge in [0.2, 0.25) is 5.95 Å². The van der Waals surface area contributed by atoms with Crippen LogP contribution in [0.4, 0.5) is 5.95 Å². The minimum atomic E-state index is 0.309. The number of hydrogen-bond donors (Lipinski definition) is 1. The normalized spacial score (nSPS) is 17.5. The minimum Gasteiger partial charge on any atom is -0.368 e. The predicted octanol–water partition coefficient (Wildman–Crippen LogP) is 3.09. The minimum absolute atomic E-state index is 0.309. The molecule has 1 aliphatic carbocycles. The second kappa shape index (κ2) is 5.04. The van der Waals surface area contributed by atoms with Crippen LogP contribution in [0.1, 0.15) is 48.2 Å². The van der Waals surface area contributed by atoms with Crippen LogP contribution in [0.15, 0.2) is 30.6 Å². The number of fused-ring (bicyclic) bond motifs is 1. The van der Waals surface area contributed by atoms with Gasteiger partial charge in [0.05, 0.1) is 11.4 Å². The molecule has 0 amide bonds. The molecule has 0 bridgehead atoms. The van der Waals surface area contributed by atoms with Crippen LogP contribution in [-0.4, -0.2) is 15.0 Å². The molecule has 1 unspecified atom stereocenters. The number of hydrogen-bond acceptors (Lipinski definition) is 4. The van der Waals surface area contributed by atoms with Crippen LogP contribution >= 0.6 is 0 Å². The highest BCUT2D eigenvalue weighted by Gasteiger charge is 2.24. The molecule has 20 heavy (non-hydrogen) atoms. The second-order valence-electron chi connectivity index (χ2n) is 5.15. The second-order valence-corrected chi connectivity index (χ2v) is 5.15. The molecule has 2 heterocycles. The number of rotatable bonds is 2. The molecule has 0 radical (unpaired) electrons. The molecule has 0 spiro atoms. The lowest BCUT2D eigenvalue weighted by molar-refractivity contribution is 0.643. The highest BCUT2D eigenvalue weighted by Crippen LogP contribution is 2.38. The fourth-order valence-corrected chi connectivity index (χ4v) is 2.83. The van der Waals surface area contributed by atoms with Gasteiger partial charge >= 0.3 is 0 Å². The molecule has 4 heteroatoms. The number of anilines is 1. The van der Waals surface area contributed by atoms with Crippen molar-refractivity contribution in [2.24, 2.45) is 0 Å². The van der Waals surface area contributed by atoms with E-state index in [0.717, 1.165) is 24.1 Å². The van der Waals surface area contributed by atoms with Crippen molar-refractivity contribution in [1.82, 2.24) is 15.0 Å². The molecule has 0 saturated heterocycles. The van der Waals surface area contributed by atoms with Gasteiger partial charge in [0, 0.05) is 29.4 Å². The van der Waals surface area contributed by atoms with Crippen molar-refractivity contribution < 1.29 is 0 Å². The summed E-state index contributed by atoms with van der Waals surface area (Å²) in [4.78, 5) is 12.9. The van der Waals surface area contributed by atoms with E-state index in [1.807, 2.05) is 12.3 Å². The van der Waals surface area contributed by atoms with E-state index in [0.29, 0.717) is 11.9 Å². The summed E-state index contributed by atoms with van der Waals surface area (Å²) in [5, 5.41) is 0. The molecule has 1 aliphatic rings. The van der Waals surface area contributed by atoms with Gasteiger partial charge in [-0.25, -0.2) is 9.97 Å². The molecular formula is C16H18N4. The van der Waals surface area contributed by atoms with Crippen LogP contribution in [0, 0.1) is 6.92 Å². The first-order valence-corrected chi connectivity index (χ1v) is 6.95. The largest absolute Gasteiger partial charge is 0.368 e. The first kappa shape index (κ1) is 12.8. The van der Waals surface area contributed by atoms with Gasteiger partial charge < -0.3 is 5.73 Å². The zero-order valence-electron chi connectivity index (χ0n) is 11.8. The van der Waals surface area contributed by atoms with Gasteiger partial charge in [-0.05, 0) is 37.5 Å². The number of nitrogens with zero attached hydrogens (tertiary/aromatic N) is 3. The van der Waals surface area contributed by atoms with Gasteiger partial charge in [-0.2, -0.15) is 0 Å². The molecule has 3 rings (SSSR count). The van der Waals surface area contributed by atoms with E-state index in [9.17, 15) is 0 Å². The Kier molecular flexibility index (Phi) is 3.22. The Morgan fingerprint density at radius 1 is 1.25 bits per heavy atom. The van der Waals surface area contributed by atoms with Gasteiger partial charge in [0.25, 0.3) is 0 Å². The van der Waals surface area contributed by atoms with Gasteiger partial charge in [-0.1, -0.05) is 13.0 Å². The Morgan fingerprint density at radius 2 is 2.05 bits per heavy atom. The molecule has 0 saturated carbocycles. The third kappa shape index (κ3) is 2.07. The van der Waals surface area contributed by atoms with Crippen molar-refractivity contribution in [3.05, 3.63) is 53.1 Å². The maximum atomic E-state index is 5.71. The Morgan fingerprint density at radius 3 is 2.80 bits per heavy atom. The molecular weight excluding hydrogens is 248 g/mol. The number of aryl methyl sites for hydroxylation is 1. The van der Waals surface area contributed by atoms with E-state index >= 15 is 0 Å². The van der Waals surface area contributed by atoms with E-state index in [1.54, 1.807) is 6.20 Å². The van der Waals surface area contributed by atoms with Crippen LogP contribution in [-0.2, 0) is 0 Å². The lowest BCUT2D eigenvalue weighted by Crippen LogP contribution is -2.12. The van der Waals surface area contributed by atoms with Crippen LogP contribution in [0.2, 0.25) is 0 Å². The SMILES string of the molecule is CCC1CC=C(c2ccnc(N)n2)c2c(C)ccnc21. The number of nitrogens with two attached hydrogens (primary N) is 1. The van der Waals surface area contributed by atoms with Crippen molar-refractivity contribution >= 4 is 11.5 Å². The molecule has 0 aliphatic heterocycles. The van der Waals surface area contributed by atoms with Crippen molar-refractivity contribution in [1.29, 1.82) is 0 Å². The monoisotopic (exact) mass is 266 g/mol. The average Bonchev–Trinajstić information content (AvgIpc) is 2.46. The summed E-state index contributed by atoms with van der Waals surface area (Å²) in [5.41, 5.74) is 11.3. The standard InChI is InChI=1S/C16H18N4/c1-3-11-4-5-12(13-7-9-19-16(17)20-13)14-10(2)6-8-18-15(11)14/h5-9,11H,3-4H2,1-2H3,(H2,17,19,20). The Balaban J connectivity index is 2.18. The molecule has 1 atom stereocenters. The summed E-state index contributed by atoms with van der Waals surface area (Å²) in [6, 6.07) is 3.96. The summed E-state index contributed by atoms with van der Waals surface area (Å²) in [7, 11) is 0. The first-order chi connectivity index (χ1) is 9.70. The van der Waals surface area contributed by atoms with Crippen LogP contribution in [0.5, 0.6) is 0 Å². The molecule has 2 N–H and O–H groups in total. The summed E-state index contributed by atoms with van der Waals surface area (Å²) >= 11 is 0. The van der Waals surface area contributed by atoms with Gasteiger partial charge in [-0.15, -0.1) is 0 Å². The predicted molar refractivity (Wildman–Crippen MR) is 80.1 cm³/mol. The highest BCUT2D eigenvalue weighted by atomic mass is 15.0. The van der Waals surface area contributed by atoms with Crippen molar-refractivity contribution in [2.75, 3.05) is 5.73 Å². The van der Waals surface area contributed by atoms with E-state index in [4.69, 9.17) is 5.73 Å². The van der Waals surface area contributed by atoms with E-state index in [2.05, 4.69) is 40.9 Å². The van der Waals surface area contributed by atoms with Crippen molar-refractivity contribution in [3.8, 4) is 0 Å². The lowest BCUT2D eigenvalue weighted by Gasteiger charge is -2.25. The van der Waals surface area contributed by atoms with Crippen LogP contribution < -0.4 is 5.73 Å². The Labute approximate surface area is 118 Å². The summed E-state index contributed by atoms with van der Waals surface area (Å²) in [5.74, 6) is 0.803. The van der Waals surface area contributed by atoms with Gasteiger partial charge in [0.1, 0.15) is 0 Å². The highest BCUT2D eigenvalue weighted by molar-refractivity contribution is 5.82. The molecule has 2 aromatic heterocycles.